The average molecular weight is 350 g/mol. The number of allylic oxidation sites excluding steroid dienone is 1. The van der Waals surface area contributed by atoms with E-state index in [2.05, 4.69) is 11.7 Å². The van der Waals surface area contributed by atoms with Crippen molar-refractivity contribution >= 4 is 18.2 Å². The maximum Gasteiger partial charge on any atom is 0.341 e. The van der Waals surface area contributed by atoms with Gasteiger partial charge in [0.15, 0.2) is 4.77 Å². The number of hydrogen-bond acceptors (Lipinski definition) is 6. The second kappa shape index (κ2) is 7.59. The van der Waals surface area contributed by atoms with Crippen molar-refractivity contribution in [2.24, 2.45) is 0 Å². The highest BCUT2D eigenvalue weighted by atomic mass is 32.1. The van der Waals surface area contributed by atoms with E-state index < -0.39 is 5.97 Å². The lowest BCUT2D eigenvalue weighted by molar-refractivity contribution is 0.0599. The highest BCUT2D eigenvalue weighted by molar-refractivity contribution is 7.71. The molecule has 0 spiro atoms. The van der Waals surface area contributed by atoms with Crippen molar-refractivity contribution in [1.82, 2.24) is 19.2 Å². The molecule has 0 bridgehead atoms. The molecule has 130 valence electrons. The third kappa shape index (κ3) is 3.82. The van der Waals surface area contributed by atoms with E-state index in [9.17, 15) is 4.79 Å². The van der Waals surface area contributed by atoms with Gasteiger partial charge < -0.3 is 13.7 Å². The molecular weight excluding hydrogens is 328 g/mol. The van der Waals surface area contributed by atoms with Gasteiger partial charge in [0, 0.05) is 6.54 Å². The van der Waals surface area contributed by atoms with Gasteiger partial charge in [-0.3, -0.25) is 4.90 Å². The van der Waals surface area contributed by atoms with E-state index >= 15 is 0 Å². The van der Waals surface area contributed by atoms with Gasteiger partial charge in [0.25, 0.3) is 0 Å². The Morgan fingerprint density at radius 2 is 2.25 bits per heavy atom. The molecule has 24 heavy (non-hydrogen) atoms. The van der Waals surface area contributed by atoms with E-state index in [-0.39, 0.29) is 0 Å². The smallest absolute Gasteiger partial charge is 0.341 e. The fourth-order valence-corrected chi connectivity index (χ4v) is 2.76. The topological polar surface area (TPSA) is 65.4 Å². The average Bonchev–Trinajstić information content (AvgIpc) is 3.01. The SMILES string of the molecule is C=CCn1c(C)nn(CN(C)Cc2cc(C(=O)OC)c(C)o2)c1=S. The number of aryl methyl sites for hydroxylation is 2. The molecule has 0 N–H and O–H groups in total. The van der Waals surface area contributed by atoms with Crippen LogP contribution in [0.5, 0.6) is 0 Å². The molecule has 0 aliphatic heterocycles. The summed E-state index contributed by atoms with van der Waals surface area (Å²) < 4.78 is 14.7. The van der Waals surface area contributed by atoms with Gasteiger partial charge in [-0.15, -0.1) is 6.58 Å². The van der Waals surface area contributed by atoms with Crippen LogP contribution in [0.3, 0.4) is 0 Å². The Labute approximate surface area is 146 Å². The van der Waals surface area contributed by atoms with E-state index in [1.165, 1.54) is 7.11 Å². The van der Waals surface area contributed by atoms with Crippen LogP contribution in [0, 0.1) is 18.6 Å². The number of carbonyl (C=O) groups is 1. The Morgan fingerprint density at radius 3 is 2.88 bits per heavy atom. The van der Waals surface area contributed by atoms with Crippen molar-refractivity contribution in [3.8, 4) is 0 Å². The minimum absolute atomic E-state index is 0.397. The van der Waals surface area contributed by atoms with Gasteiger partial charge in [-0.2, -0.15) is 5.10 Å². The third-order valence-corrected chi connectivity index (χ3v) is 4.03. The molecule has 0 radical (unpaired) electrons. The van der Waals surface area contributed by atoms with Crippen LogP contribution >= 0.6 is 12.2 Å². The molecule has 0 aliphatic rings. The summed E-state index contributed by atoms with van der Waals surface area (Å²) in [5.74, 6) is 1.68. The lowest BCUT2D eigenvalue weighted by atomic mass is 10.2. The van der Waals surface area contributed by atoms with Gasteiger partial charge in [0.05, 0.1) is 20.3 Å². The highest BCUT2D eigenvalue weighted by Crippen LogP contribution is 2.17. The summed E-state index contributed by atoms with van der Waals surface area (Å²) in [5.41, 5.74) is 0.448. The molecule has 0 aromatic carbocycles. The minimum Gasteiger partial charge on any atom is -0.465 e. The fourth-order valence-electron chi connectivity index (χ4n) is 2.46. The number of methoxy groups -OCH3 is 1. The number of nitrogens with zero attached hydrogens (tertiary/aromatic N) is 4. The van der Waals surface area contributed by atoms with E-state index in [1.807, 2.05) is 23.4 Å². The first-order valence-electron chi connectivity index (χ1n) is 7.48. The predicted molar refractivity (Wildman–Crippen MR) is 92.2 cm³/mol. The van der Waals surface area contributed by atoms with Gasteiger partial charge >= 0.3 is 5.97 Å². The summed E-state index contributed by atoms with van der Waals surface area (Å²) in [4.78, 5) is 13.6. The largest absolute Gasteiger partial charge is 0.465 e. The lowest BCUT2D eigenvalue weighted by Crippen LogP contribution is -2.22. The summed E-state index contributed by atoms with van der Waals surface area (Å²) in [6.45, 7) is 9.05. The highest BCUT2D eigenvalue weighted by Gasteiger charge is 2.16. The second-order valence-corrected chi connectivity index (χ2v) is 5.92. The predicted octanol–water partition coefficient (Wildman–Crippen LogP) is 2.69. The molecule has 8 heteroatoms. The zero-order valence-electron chi connectivity index (χ0n) is 14.4. The van der Waals surface area contributed by atoms with Crippen molar-refractivity contribution in [3.63, 3.8) is 0 Å². The molecule has 0 fully saturated rings. The quantitative estimate of drug-likeness (QED) is 0.435. The fraction of sp³-hybridized carbons (Fsp3) is 0.438. The van der Waals surface area contributed by atoms with E-state index in [0.717, 1.165) is 5.82 Å². The first-order valence-corrected chi connectivity index (χ1v) is 7.89. The Hall–Kier alpha value is -2.19. The first-order chi connectivity index (χ1) is 11.4. The third-order valence-electron chi connectivity index (χ3n) is 3.59. The summed E-state index contributed by atoms with van der Waals surface area (Å²) in [7, 11) is 3.28. The van der Waals surface area contributed by atoms with E-state index in [0.29, 0.717) is 41.6 Å². The Kier molecular flexibility index (Phi) is 5.74. The Bertz CT molecular complexity index is 803. The first kappa shape index (κ1) is 18.2. The van der Waals surface area contributed by atoms with E-state index in [4.69, 9.17) is 21.4 Å². The normalized spacial score (nSPS) is 11.0. The zero-order chi connectivity index (χ0) is 17.9. The van der Waals surface area contributed by atoms with Crippen molar-refractivity contribution in [2.75, 3.05) is 14.2 Å². The van der Waals surface area contributed by atoms with Crippen LogP contribution < -0.4 is 0 Å². The Balaban J connectivity index is 2.10. The molecule has 0 saturated carbocycles. The second-order valence-electron chi connectivity index (χ2n) is 5.56. The number of esters is 1. The van der Waals surface area contributed by atoms with E-state index in [1.54, 1.807) is 23.7 Å². The summed E-state index contributed by atoms with van der Waals surface area (Å²) in [5, 5.41) is 4.46. The number of rotatable bonds is 7. The van der Waals surface area contributed by atoms with Crippen molar-refractivity contribution in [3.05, 3.63) is 46.4 Å². The van der Waals surface area contributed by atoms with Crippen LogP contribution in [0.1, 0.15) is 27.7 Å². The lowest BCUT2D eigenvalue weighted by Gasteiger charge is -2.14. The van der Waals surface area contributed by atoms with Crippen LogP contribution in [0.4, 0.5) is 0 Å². The summed E-state index contributed by atoms with van der Waals surface area (Å²) in [6, 6.07) is 1.71. The van der Waals surface area contributed by atoms with Gasteiger partial charge in [0.1, 0.15) is 22.9 Å². The van der Waals surface area contributed by atoms with Crippen molar-refractivity contribution < 1.29 is 13.9 Å². The standard InChI is InChI=1S/C16H22N4O3S/c1-6-7-19-12(3)17-20(16(19)24)10-18(4)9-13-8-14(11(2)23-13)15(21)22-5/h6,8H,1,7,9-10H2,2-5H3. The molecule has 0 saturated heterocycles. The minimum atomic E-state index is -0.397. The molecule has 7 nitrogen and oxygen atoms in total. The van der Waals surface area contributed by atoms with Gasteiger partial charge in [-0.25, -0.2) is 9.48 Å². The van der Waals surface area contributed by atoms with Gasteiger partial charge in [-0.05, 0) is 39.2 Å². The molecule has 2 heterocycles. The summed E-state index contributed by atoms with van der Waals surface area (Å²) in [6.07, 6.45) is 1.79. The molecule has 0 aliphatic carbocycles. The number of aromatic nitrogens is 3. The maximum atomic E-state index is 11.6. The molecule has 2 rings (SSSR count). The number of carbonyl (C=O) groups excluding carboxylic acids is 1. The molecular formula is C16H22N4O3S. The van der Waals surface area contributed by atoms with Gasteiger partial charge in [0.2, 0.25) is 0 Å². The van der Waals surface area contributed by atoms with Crippen LogP contribution in [0.25, 0.3) is 0 Å². The number of hydrogen-bond donors (Lipinski definition) is 0. The van der Waals surface area contributed by atoms with Crippen molar-refractivity contribution in [2.45, 2.75) is 33.6 Å². The van der Waals surface area contributed by atoms with Crippen molar-refractivity contribution in [1.29, 1.82) is 0 Å². The molecule has 0 amide bonds. The van der Waals surface area contributed by atoms with Gasteiger partial charge in [-0.1, -0.05) is 6.08 Å². The van der Waals surface area contributed by atoms with Crippen LogP contribution in [-0.4, -0.2) is 39.4 Å². The zero-order valence-corrected chi connectivity index (χ0v) is 15.2. The monoisotopic (exact) mass is 350 g/mol. The molecule has 2 aromatic heterocycles. The summed E-state index contributed by atoms with van der Waals surface area (Å²) >= 11 is 5.44. The van der Waals surface area contributed by atoms with Crippen LogP contribution in [-0.2, 0) is 24.5 Å². The number of ether oxygens (including phenoxy) is 1. The molecule has 2 aromatic rings. The van der Waals surface area contributed by atoms with Crippen LogP contribution in [0.2, 0.25) is 0 Å². The van der Waals surface area contributed by atoms with Crippen LogP contribution in [0.15, 0.2) is 23.1 Å². The molecule has 0 atom stereocenters. The Morgan fingerprint density at radius 1 is 1.54 bits per heavy atom. The number of furan rings is 1. The molecule has 0 unspecified atom stereocenters. The maximum absolute atomic E-state index is 11.6.